The molecule has 0 aromatic heterocycles. The lowest BCUT2D eigenvalue weighted by molar-refractivity contribution is -0.117. The first kappa shape index (κ1) is 18.7. The van der Waals surface area contributed by atoms with Gasteiger partial charge in [0.05, 0.1) is 5.69 Å². The highest BCUT2D eigenvalue weighted by molar-refractivity contribution is 6.24. The molecule has 0 spiro atoms. The summed E-state index contributed by atoms with van der Waals surface area (Å²) in [5, 5.41) is 2.30. The van der Waals surface area contributed by atoms with Crippen LogP contribution in [-0.2, 0) is 14.4 Å². The summed E-state index contributed by atoms with van der Waals surface area (Å²) in [5.41, 5.74) is 1.48. The Hall–Kier alpha value is -2.63. The van der Waals surface area contributed by atoms with Crippen molar-refractivity contribution < 1.29 is 23.2 Å². The number of benzene rings is 1. The normalized spacial score (nSPS) is 15.1. The van der Waals surface area contributed by atoms with Crippen LogP contribution < -0.4 is 5.32 Å². The van der Waals surface area contributed by atoms with Gasteiger partial charge in [-0.3, -0.25) is 14.4 Å². The highest BCUT2D eigenvalue weighted by Gasteiger charge is 2.27. The van der Waals surface area contributed by atoms with E-state index < -0.39 is 17.5 Å². The number of hydrogen-bond acceptors (Lipinski definition) is 3. The summed E-state index contributed by atoms with van der Waals surface area (Å²) in [6, 6.07) is 2.80. The van der Waals surface area contributed by atoms with E-state index in [2.05, 4.69) is 5.32 Å². The number of halogens is 2. The summed E-state index contributed by atoms with van der Waals surface area (Å²) in [7, 11) is 0. The van der Waals surface area contributed by atoms with Crippen molar-refractivity contribution in [3.8, 4) is 0 Å². The molecule has 0 aliphatic heterocycles. The van der Waals surface area contributed by atoms with Gasteiger partial charge in [-0.15, -0.1) is 0 Å². The van der Waals surface area contributed by atoms with Gasteiger partial charge < -0.3 is 5.32 Å². The van der Waals surface area contributed by atoms with Gasteiger partial charge in [0.15, 0.2) is 11.6 Å². The Bertz CT molecular complexity index is 822. The molecule has 0 bridgehead atoms. The molecule has 1 amide bonds. The summed E-state index contributed by atoms with van der Waals surface area (Å²) >= 11 is 0. The first-order valence-electron chi connectivity index (χ1n) is 7.94. The Kier molecular flexibility index (Phi) is 5.62. The number of allylic oxidation sites excluding steroid dienone is 4. The molecule has 1 aromatic carbocycles. The SMILES string of the molecule is CC1=C(C)C(=O)C(CCCC(=O)Nc2cc(F)ccc2F)=C(C)C1=O. The van der Waals surface area contributed by atoms with E-state index in [1.54, 1.807) is 20.8 Å². The third-order valence-electron chi connectivity index (χ3n) is 4.34. The van der Waals surface area contributed by atoms with Crippen LogP contribution in [0.3, 0.4) is 0 Å². The number of ketones is 2. The summed E-state index contributed by atoms with van der Waals surface area (Å²) in [5.74, 6) is -2.19. The molecule has 6 heteroatoms. The molecule has 0 atom stereocenters. The van der Waals surface area contributed by atoms with Crippen molar-refractivity contribution in [2.75, 3.05) is 5.32 Å². The molecular weight excluding hydrogens is 328 g/mol. The third kappa shape index (κ3) is 4.07. The summed E-state index contributed by atoms with van der Waals surface area (Å²) in [6.45, 7) is 4.84. The van der Waals surface area contributed by atoms with E-state index in [1.165, 1.54) is 0 Å². The number of Topliss-reactive ketones (excluding diaryl/α,β-unsaturated/α-hetero) is 2. The van der Waals surface area contributed by atoms with Gasteiger partial charge in [0, 0.05) is 34.8 Å². The minimum absolute atomic E-state index is 0.0238. The van der Waals surface area contributed by atoms with E-state index in [-0.39, 0.29) is 30.1 Å². The molecule has 1 aromatic rings. The quantitative estimate of drug-likeness (QED) is 0.822. The molecule has 1 aliphatic rings. The molecule has 0 radical (unpaired) electrons. The van der Waals surface area contributed by atoms with Crippen molar-refractivity contribution >= 4 is 23.2 Å². The van der Waals surface area contributed by atoms with Gasteiger partial charge in [-0.1, -0.05) is 0 Å². The molecular formula is C19H19F2NO3. The van der Waals surface area contributed by atoms with Crippen molar-refractivity contribution in [1.82, 2.24) is 0 Å². The largest absolute Gasteiger partial charge is 0.324 e. The van der Waals surface area contributed by atoms with E-state index in [9.17, 15) is 23.2 Å². The van der Waals surface area contributed by atoms with Gasteiger partial charge in [-0.05, 0) is 45.7 Å². The van der Waals surface area contributed by atoms with Crippen molar-refractivity contribution in [2.45, 2.75) is 40.0 Å². The summed E-state index contributed by atoms with van der Waals surface area (Å²) < 4.78 is 26.6. The fourth-order valence-corrected chi connectivity index (χ4v) is 2.69. The number of amides is 1. The minimum atomic E-state index is -0.724. The van der Waals surface area contributed by atoms with Crippen LogP contribution in [0.5, 0.6) is 0 Å². The monoisotopic (exact) mass is 347 g/mol. The lowest BCUT2D eigenvalue weighted by Gasteiger charge is -2.18. The molecule has 25 heavy (non-hydrogen) atoms. The lowest BCUT2D eigenvalue weighted by atomic mass is 9.84. The van der Waals surface area contributed by atoms with Crippen LogP contribution in [0.2, 0.25) is 0 Å². The zero-order valence-electron chi connectivity index (χ0n) is 14.3. The van der Waals surface area contributed by atoms with Gasteiger partial charge in [-0.2, -0.15) is 0 Å². The second kappa shape index (κ2) is 7.51. The van der Waals surface area contributed by atoms with Crippen LogP contribution in [0.15, 0.2) is 40.5 Å². The predicted molar refractivity (Wildman–Crippen MR) is 89.9 cm³/mol. The van der Waals surface area contributed by atoms with Gasteiger partial charge >= 0.3 is 0 Å². The van der Waals surface area contributed by atoms with Crippen molar-refractivity contribution in [3.05, 3.63) is 52.1 Å². The van der Waals surface area contributed by atoms with Crippen LogP contribution in [0.1, 0.15) is 40.0 Å². The standard InChI is InChI=1S/C19H19F2NO3/c1-10-11(2)19(25)14(12(3)18(10)24)5-4-6-17(23)22-16-9-13(20)7-8-15(16)21/h7-9H,4-6H2,1-3H3,(H,22,23). The first-order chi connectivity index (χ1) is 11.7. The van der Waals surface area contributed by atoms with Crippen LogP contribution in [0.25, 0.3) is 0 Å². The van der Waals surface area contributed by atoms with Crippen molar-refractivity contribution in [3.63, 3.8) is 0 Å². The maximum absolute atomic E-state index is 13.5. The van der Waals surface area contributed by atoms with E-state index >= 15 is 0 Å². The lowest BCUT2D eigenvalue weighted by Crippen LogP contribution is -2.21. The third-order valence-corrected chi connectivity index (χ3v) is 4.34. The van der Waals surface area contributed by atoms with E-state index in [1.807, 2.05) is 0 Å². The number of carbonyl (C=O) groups excluding carboxylic acids is 3. The molecule has 1 aliphatic carbocycles. The minimum Gasteiger partial charge on any atom is -0.324 e. The number of carbonyl (C=O) groups is 3. The van der Waals surface area contributed by atoms with E-state index in [0.717, 1.165) is 18.2 Å². The first-order valence-corrected chi connectivity index (χ1v) is 7.94. The number of rotatable bonds is 5. The fraction of sp³-hybridized carbons (Fsp3) is 0.316. The maximum Gasteiger partial charge on any atom is 0.224 e. The Balaban J connectivity index is 1.96. The zero-order chi connectivity index (χ0) is 18.7. The van der Waals surface area contributed by atoms with Crippen molar-refractivity contribution in [1.29, 1.82) is 0 Å². The number of anilines is 1. The molecule has 4 nitrogen and oxygen atoms in total. The average molecular weight is 347 g/mol. The Labute approximate surface area is 144 Å². The number of hydrogen-bond donors (Lipinski definition) is 1. The van der Waals surface area contributed by atoms with E-state index in [0.29, 0.717) is 28.7 Å². The smallest absolute Gasteiger partial charge is 0.224 e. The molecule has 0 fully saturated rings. The molecule has 0 heterocycles. The maximum atomic E-state index is 13.5. The van der Waals surface area contributed by atoms with Gasteiger partial charge in [0.2, 0.25) is 5.91 Å². The molecule has 0 saturated carbocycles. The van der Waals surface area contributed by atoms with Crippen LogP contribution in [0.4, 0.5) is 14.5 Å². The topological polar surface area (TPSA) is 63.2 Å². The van der Waals surface area contributed by atoms with Crippen LogP contribution in [0, 0.1) is 11.6 Å². The predicted octanol–water partition coefficient (Wildman–Crippen LogP) is 3.88. The molecule has 2 rings (SSSR count). The summed E-state index contributed by atoms with van der Waals surface area (Å²) in [4.78, 5) is 36.2. The van der Waals surface area contributed by atoms with Crippen LogP contribution >= 0.6 is 0 Å². The highest BCUT2D eigenvalue weighted by Crippen LogP contribution is 2.27. The average Bonchev–Trinajstić information content (AvgIpc) is 2.57. The fourth-order valence-electron chi connectivity index (χ4n) is 2.69. The zero-order valence-corrected chi connectivity index (χ0v) is 14.3. The molecule has 1 N–H and O–H groups in total. The van der Waals surface area contributed by atoms with Crippen molar-refractivity contribution in [2.24, 2.45) is 0 Å². The van der Waals surface area contributed by atoms with Crippen LogP contribution in [-0.4, -0.2) is 17.5 Å². The summed E-state index contributed by atoms with van der Waals surface area (Å²) in [6.07, 6.45) is 0.622. The second-order valence-corrected chi connectivity index (χ2v) is 6.04. The Morgan fingerprint density at radius 1 is 1.00 bits per heavy atom. The Morgan fingerprint density at radius 3 is 2.32 bits per heavy atom. The van der Waals surface area contributed by atoms with Gasteiger partial charge in [0.25, 0.3) is 0 Å². The van der Waals surface area contributed by atoms with Gasteiger partial charge in [-0.25, -0.2) is 8.78 Å². The number of nitrogens with one attached hydrogen (secondary N) is 1. The van der Waals surface area contributed by atoms with E-state index in [4.69, 9.17) is 0 Å². The molecule has 0 saturated heterocycles. The second-order valence-electron chi connectivity index (χ2n) is 6.04. The molecule has 132 valence electrons. The van der Waals surface area contributed by atoms with Gasteiger partial charge in [0.1, 0.15) is 11.6 Å². The Morgan fingerprint density at radius 2 is 1.64 bits per heavy atom. The highest BCUT2D eigenvalue weighted by atomic mass is 19.1. The molecule has 0 unspecified atom stereocenters.